The molecule has 1 atom stereocenters. The van der Waals surface area contributed by atoms with Crippen molar-refractivity contribution in [2.75, 3.05) is 0 Å². The van der Waals surface area contributed by atoms with Crippen molar-refractivity contribution >= 4 is 50.8 Å². The van der Waals surface area contributed by atoms with Crippen LogP contribution in [-0.2, 0) is 10.4 Å². The first-order valence-corrected chi connectivity index (χ1v) is 9.23. The van der Waals surface area contributed by atoms with E-state index in [2.05, 4.69) is 21.4 Å². The number of aromatic carboxylic acids is 1. The van der Waals surface area contributed by atoms with Gasteiger partial charge in [0.05, 0.1) is 11.3 Å². The van der Waals surface area contributed by atoms with Crippen LogP contribution in [0.5, 0.6) is 0 Å². The van der Waals surface area contributed by atoms with E-state index < -0.39 is 17.7 Å². The molecule has 28 heavy (non-hydrogen) atoms. The lowest BCUT2D eigenvalue weighted by molar-refractivity contribution is -0.269. The Morgan fingerprint density at radius 2 is 1.79 bits per heavy atom. The van der Waals surface area contributed by atoms with Gasteiger partial charge in [-0.1, -0.05) is 39.1 Å². The highest BCUT2D eigenvalue weighted by molar-refractivity contribution is 9.10. The van der Waals surface area contributed by atoms with Crippen molar-refractivity contribution in [1.29, 1.82) is 0 Å². The lowest BCUT2D eigenvalue weighted by Crippen LogP contribution is -2.42. The van der Waals surface area contributed by atoms with Crippen molar-refractivity contribution < 1.29 is 27.9 Å². The van der Waals surface area contributed by atoms with Crippen LogP contribution < -0.4 is 5.48 Å². The quantitative estimate of drug-likeness (QED) is 0.539. The summed E-state index contributed by atoms with van der Waals surface area (Å²) in [5.41, 5.74) is -0.0915. The van der Waals surface area contributed by atoms with Crippen molar-refractivity contribution in [2.45, 2.75) is 18.7 Å². The number of carboxylic acid groups (broad SMARTS) is 1. The Bertz CT molecular complexity index is 990. The monoisotopic (exact) mass is 495 g/mol. The van der Waals surface area contributed by atoms with Gasteiger partial charge in [0.25, 0.3) is 0 Å². The molecule has 2 aromatic rings. The van der Waals surface area contributed by atoms with Crippen LogP contribution in [0, 0.1) is 6.92 Å². The van der Waals surface area contributed by atoms with E-state index >= 15 is 0 Å². The van der Waals surface area contributed by atoms with Crippen LogP contribution in [0.4, 0.5) is 13.2 Å². The molecule has 10 heteroatoms. The van der Waals surface area contributed by atoms with Crippen LogP contribution in [-0.4, -0.2) is 17.3 Å². The molecule has 1 aliphatic rings. The summed E-state index contributed by atoms with van der Waals surface area (Å²) >= 11 is 15.0. The number of carboxylic acids is 1. The van der Waals surface area contributed by atoms with Gasteiger partial charge in [-0.15, -0.1) is 0 Å². The normalized spacial score (nSPS) is 19.3. The number of hydrogen-bond donors (Lipinski definition) is 2. The molecule has 0 aromatic heterocycles. The Kier molecular flexibility index (Phi) is 5.44. The molecule has 0 fully saturated rings. The summed E-state index contributed by atoms with van der Waals surface area (Å²) < 4.78 is 42.3. The van der Waals surface area contributed by atoms with Crippen molar-refractivity contribution in [2.24, 2.45) is 0 Å². The molecule has 1 aliphatic heterocycles. The zero-order valence-electron chi connectivity index (χ0n) is 14.0. The Morgan fingerprint density at radius 1 is 1.18 bits per heavy atom. The largest absolute Gasteiger partial charge is 0.478 e. The fourth-order valence-electron chi connectivity index (χ4n) is 2.86. The molecule has 0 saturated carbocycles. The number of aryl methyl sites for hydroxylation is 1. The number of benzene rings is 2. The van der Waals surface area contributed by atoms with Gasteiger partial charge in [-0.25, -0.2) is 4.79 Å². The number of hydrogen-bond acceptors (Lipinski definition) is 3. The van der Waals surface area contributed by atoms with Crippen molar-refractivity contribution in [3.63, 3.8) is 0 Å². The second kappa shape index (κ2) is 7.26. The number of rotatable bonds is 3. The molecule has 0 saturated heterocycles. The molecule has 2 aromatic carbocycles. The van der Waals surface area contributed by atoms with E-state index in [0.717, 1.165) is 18.2 Å². The summed E-state index contributed by atoms with van der Waals surface area (Å²) in [5, 5.41) is 9.24. The first-order chi connectivity index (χ1) is 12.9. The number of halogens is 6. The van der Waals surface area contributed by atoms with E-state index in [9.17, 15) is 23.1 Å². The fraction of sp³-hybridized carbons (Fsp3) is 0.167. The van der Waals surface area contributed by atoms with Gasteiger partial charge in [0.2, 0.25) is 5.60 Å². The highest BCUT2D eigenvalue weighted by Gasteiger charge is 2.59. The second-order valence-corrected chi connectivity index (χ2v) is 7.83. The molecular formula is C18H11BrCl2F3NO3. The molecule has 0 radical (unpaired) electrons. The van der Waals surface area contributed by atoms with E-state index in [1.807, 2.05) is 0 Å². The maximum Gasteiger partial charge on any atom is 0.428 e. The number of nitrogens with one attached hydrogen (secondary N) is 1. The molecule has 2 N–H and O–H groups in total. The standard InChI is InChI=1S/C18H11BrCl2F3NO3/c1-8-2-13(14(19)6-12(8)16(26)27)15-7-17(28-25-15,18(22,23)24)9-3-10(20)5-11(21)4-9/h2-7,25H,1H3,(H,26,27). The Hall–Kier alpha value is -1.74. The zero-order valence-corrected chi connectivity index (χ0v) is 17.1. The molecule has 3 rings (SSSR count). The summed E-state index contributed by atoms with van der Waals surface area (Å²) in [7, 11) is 0. The first-order valence-electron chi connectivity index (χ1n) is 7.68. The highest BCUT2D eigenvalue weighted by atomic mass is 79.9. The summed E-state index contributed by atoms with van der Waals surface area (Å²) in [6.45, 7) is 1.55. The molecule has 0 aliphatic carbocycles. The van der Waals surface area contributed by atoms with Crippen molar-refractivity contribution in [1.82, 2.24) is 5.48 Å². The fourth-order valence-corrected chi connectivity index (χ4v) is 3.95. The van der Waals surface area contributed by atoms with Crippen molar-refractivity contribution in [3.05, 3.63) is 73.2 Å². The van der Waals surface area contributed by atoms with Crippen LogP contribution in [0.2, 0.25) is 10.0 Å². The summed E-state index contributed by atoms with van der Waals surface area (Å²) in [6, 6.07) is 6.33. The molecule has 1 heterocycles. The first kappa shape index (κ1) is 21.0. The van der Waals surface area contributed by atoms with Gasteiger partial charge >= 0.3 is 12.1 Å². The lowest BCUT2D eigenvalue weighted by atomic mass is 9.91. The van der Waals surface area contributed by atoms with Gasteiger partial charge in [-0.05, 0) is 48.9 Å². The smallest absolute Gasteiger partial charge is 0.428 e. The van der Waals surface area contributed by atoms with Crippen LogP contribution in [0.25, 0.3) is 5.70 Å². The summed E-state index contributed by atoms with van der Waals surface area (Å²) in [6.07, 6.45) is -3.97. The number of carbonyl (C=O) groups is 1. The molecule has 1 unspecified atom stereocenters. The Morgan fingerprint density at radius 3 is 2.32 bits per heavy atom. The van der Waals surface area contributed by atoms with Crippen LogP contribution in [0.3, 0.4) is 0 Å². The van der Waals surface area contributed by atoms with Crippen molar-refractivity contribution in [3.8, 4) is 0 Å². The van der Waals surface area contributed by atoms with Crippen LogP contribution >= 0.6 is 39.1 Å². The second-order valence-electron chi connectivity index (χ2n) is 6.11. The molecule has 0 amide bonds. The van der Waals surface area contributed by atoms with Gasteiger partial charge in [0, 0.05) is 25.6 Å². The molecule has 0 spiro atoms. The SMILES string of the molecule is Cc1cc(C2=CC(c3cc(Cl)cc(Cl)c3)(C(F)(F)F)ON2)c(Br)cc1C(=O)O. The maximum absolute atomic E-state index is 14.0. The van der Waals surface area contributed by atoms with Crippen LogP contribution in [0.15, 0.2) is 40.9 Å². The van der Waals surface area contributed by atoms with E-state index in [0.29, 0.717) is 15.6 Å². The number of alkyl halides is 3. The molecule has 4 nitrogen and oxygen atoms in total. The predicted octanol–water partition coefficient (Wildman–Crippen LogP) is 6.10. The van der Waals surface area contributed by atoms with E-state index in [4.69, 9.17) is 28.0 Å². The Balaban J connectivity index is 2.18. The third kappa shape index (κ3) is 3.61. The summed E-state index contributed by atoms with van der Waals surface area (Å²) in [4.78, 5) is 16.3. The predicted molar refractivity (Wildman–Crippen MR) is 102 cm³/mol. The third-order valence-corrected chi connectivity index (χ3v) is 5.31. The molecule has 0 bridgehead atoms. The highest BCUT2D eigenvalue weighted by Crippen LogP contribution is 2.48. The van der Waals surface area contributed by atoms with Gasteiger partial charge < -0.3 is 5.11 Å². The molecular weight excluding hydrogens is 486 g/mol. The number of hydroxylamine groups is 1. The maximum atomic E-state index is 14.0. The minimum absolute atomic E-state index is 0.0142. The topological polar surface area (TPSA) is 58.6 Å². The van der Waals surface area contributed by atoms with Gasteiger partial charge in [-0.2, -0.15) is 13.2 Å². The summed E-state index contributed by atoms with van der Waals surface area (Å²) in [5.74, 6) is -1.15. The zero-order chi connectivity index (χ0) is 20.9. The van der Waals surface area contributed by atoms with E-state index in [1.54, 1.807) is 6.92 Å². The lowest BCUT2D eigenvalue weighted by Gasteiger charge is -2.28. The van der Waals surface area contributed by atoms with E-state index in [1.165, 1.54) is 18.2 Å². The van der Waals surface area contributed by atoms with E-state index in [-0.39, 0.29) is 26.9 Å². The van der Waals surface area contributed by atoms with Gasteiger partial charge in [-0.3, -0.25) is 10.3 Å². The molecule has 148 valence electrons. The average Bonchev–Trinajstić information content (AvgIpc) is 3.01. The van der Waals surface area contributed by atoms with Gasteiger partial charge in [0.1, 0.15) is 0 Å². The minimum Gasteiger partial charge on any atom is -0.478 e. The van der Waals surface area contributed by atoms with Crippen LogP contribution in [0.1, 0.15) is 27.0 Å². The Labute approximate surface area is 176 Å². The average molecular weight is 497 g/mol. The minimum atomic E-state index is -4.84. The third-order valence-electron chi connectivity index (χ3n) is 4.22. The van der Waals surface area contributed by atoms with Gasteiger partial charge in [0.15, 0.2) is 0 Å².